The molecule has 8 heteroatoms. The van der Waals surface area contributed by atoms with Crippen molar-refractivity contribution in [1.82, 2.24) is 4.57 Å². The van der Waals surface area contributed by atoms with Crippen molar-refractivity contribution < 1.29 is 23.5 Å². The van der Waals surface area contributed by atoms with E-state index in [-0.39, 0.29) is 18.3 Å². The number of nitrogens with one attached hydrogen (secondary N) is 1. The lowest BCUT2D eigenvalue weighted by molar-refractivity contribution is -0.114. The summed E-state index contributed by atoms with van der Waals surface area (Å²) < 4.78 is 12.9. The molecule has 0 aliphatic heterocycles. The first-order valence-corrected chi connectivity index (χ1v) is 11.5. The van der Waals surface area contributed by atoms with Crippen molar-refractivity contribution in [3.8, 4) is 0 Å². The maximum atomic E-state index is 12.9. The van der Waals surface area contributed by atoms with E-state index in [1.165, 1.54) is 18.3 Å². The standard InChI is InChI=1S/C24H26N2O5S/c1-14-11-19(15(2)26(14)12-17-7-6-10-30-17)20(28)13-31-24(29)22-18-8-4-5-9-21(18)32-23(22)25-16(3)27/h6-7,10-11H,4-5,8-9,12-13H2,1-3H3,(H,25,27). The first kappa shape index (κ1) is 22.1. The van der Waals surface area contributed by atoms with Crippen molar-refractivity contribution >= 4 is 34.0 Å². The lowest BCUT2D eigenvalue weighted by Crippen LogP contribution is -2.18. The average Bonchev–Trinajstić information content (AvgIpc) is 3.46. The Labute approximate surface area is 190 Å². The Morgan fingerprint density at radius 1 is 1.22 bits per heavy atom. The molecule has 0 radical (unpaired) electrons. The van der Waals surface area contributed by atoms with Gasteiger partial charge in [0.1, 0.15) is 10.8 Å². The highest BCUT2D eigenvalue weighted by atomic mass is 32.1. The van der Waals surface area contributed by atoms with E-state index in [2.05, 4.69) is 5.32 Å². The van der Waals surface area contributed by atoms with E-state index in [0.717, 1.165) is 53.3 Å². The minimum absolute atomic E-state index is 0.238. The molecule has 7 nitrogen and oxygen atoms in total. The number of aryl methyl sites for hydroxylation is 2. The average molecular weight is 455 g/mol. The molecule has 4 rings (SSSR count). The Bertz CT molecular complexity index is 1170. The molecular weight excluding hydrogens is 428 g/mol. The molecule has 0 saturated carbocycles. The van der Waals surface area contributed by atoms with Gasteiger partial charge in [-0.05, 0) is 63.3 Å². The van der Waals surface area contributed by atoms with Crippen molar-refractivity contribution in [3.05, 3.63) is 63.2 Å². The van der Waals surface area contributed by atoms with Crippen molar-refractivity contribution in [2.75, 3.05) is 11.9 Å². The first-order valence-electron chi connectivity index (χ1n) is 10.7. The topological polar surface area (TPSA) is 90.5 Å². The predicted octanol–water partition coefficient (Wildman–Crippen LogP) is 4.68. The van der Waals surface area contributed by atoms with Gasteiger partial charge in [-0.2, -0.15) is 0 Å². The number of aromatic nitrogens is 1. The van der Waals surface area contributed by atoms with E-state index >= 15 is 0 Å². The van der Waals surface area contributed by atoms with Gasteiger partial charge in [-0.3, -0.25) is 9.59 Å². The molecule has 0 atom stereocenters. The minimum atomic E-state index is -0.564. The van der Waals surface area contributed by atoms with Crippen LogP contribution in [0.5, 0.6) is 0 Å². The fraction of sp³-hybridized carbons (Fsp3) is 0.375. The van der Waals surface area contributed by atoms with Crippen LogP contribution in [-0.4, -0.2) is 28.8 Å². The number of hydrogen-bond donors (Lipinski definition) is 1. The molecule has 168 valence electrons. The van der Waals surface area contributed by atoms with E-state index in [1.54, 1.807) is 6.26 Å². The van der Waals surface area contributed by atoms with Gasteiger partial charge < -0.3 is 19.0 Å². The molecule has 3 heterocycles. The number of anilines is 1. The SMILES string of the molecule is CC(=O)Nc1sc2c(c1C(=O)OCC(=O)c1cc(C)n(Cc3ccco3)c1C)CCCC2. The maximum Gasteiger partial charge on any atom is 0.341 e. The Hall–Kier alpha value is -3.13. The van der Waals surface area contributed by atoms with Crippen LogP contribution in [0.1, 0.15) is 68.1 Å². The molecule has 1 N–H and O–H groups in total. The van der Waals surface area contributed by atoms with Crippen molar-refractivity contribution in [2.45, 2.75) is 53.0 Å². The quantitative estimate of drug-likeness (QED) is 0.413. The highest BCUT2D eigenvalue weighted by molar-refractivity contribution is 7.17. The monoisotopic (exact) mass is 454 g/mol. The first-order chi connectivity index (χ1) is 15.3. The Morgan fingerprint density at radius 2 is 2.00 bits per heavy atom. The summed E-state index contributed by atoms with van der Waals surface area (Å²) in [6.07, 6.45) is 5.34. The van der Waals surface area contributed by atoms with Gasteiger partial charge in [-0.1, -0.05) is 0 Å². The number of rotatable bonds is 7. The third-order valence-electron chi connectivity index (χ3n) is 5.77. The molecule has 1 amide bonds. The molecule has 0 spiro atoms. The van der Waals surface area contributed by atoms with E-state index in [1.807, 2.05) is 36.6 Å². The van der Waals surface area contributed by atoms with Crippen molar-refractivity contribution in [3.63, 3.8) is 0 Å². The van der Waals surface area contributed by atoms with Gasteiger partial charge in [-0.25, -0.2) is 4.79 Å². The number of furan rings is 1. The van der Waals surface area contributed by atoms with Crippen molar-refractivity contribution in [1.29, 1.82) is 0 Å². The van der Waals surface area contributed by atoms with Gasteiger partial charge in [0.25, 0.3) is 0 Å². The second kappa shape index (κ2) is 9.16. The van der Waals surface area contributed by atoms with Crippen LogP contribution in [0, 0.1) is 13.8 Å². The van der Waals surface area contributed by atoms with Crippen molar-refractivity contribution in [2.24, 2.45) is 0 Å². The zero-order valence-electron chi connectivity index (χ0n) is 18.4. The molecule has 0 saturated heterocycles. The van der Waals surface area contributed by atoms with E-state index in [0.29, 0.717) is 22.7 Å². The smallest absolute Gasteiger partial charge is 0.341 e. The zero-order valence-corrected chi connectivity index (χ0v) is 19.3. The van der Waals surface area contributed by atoms with Crippen LogP contribution in [0.4, 0.5) is 5.00 Å². The summed E-state index contributed by atoms with van der Waals surface area (Å²) >= 11 is 1.43. The number of fused-ring (bicyclic) bond motifs is 1. The van der Waals surface area contributed by atoms with Crippen LogP contribution in [0.3, 0.4) is 0 Å². The number of thiophene rings is 1. The Kier molecular flexibility index (Phi) is 6.32. The molecule has 0 bridgehead atoms. The van der Waals surface area contributed by atoms with Gasteiger partial charge in [0.05, 0.1) is 18.4 Å². The molecule has 0 aromatic carbocycles. The fourth-order valence-corrected chi connectivity index (χ4v) is 5.52. The third-order valence-corrected chi connectivity index (χ3v) is 6.97. The van der Waals surface area contributed by atoms with Gasteiger partial charge in [0, 0.05) is 28.8 Å². The number of esters is 1. The minimum Gasteiger partial charge on any atom is -0.467 e. The number of ketones is 1. The summed E-state index contributed by atoms with van der Waals surface area (Å²) in [7, 11) is 0. The van der Waals surface area contributed by atoms with Crippen LogP contribution in [0.2, 0.25) is 0 Å². The maximum absolute atomic E-state index is 12.9. The van der Waals surface area contributed by atoms with Gasteiger partial charge in [0.15, 0.2) is 6.61 Å². The molecule has 32 heavy (non-hydrogen) atoms. The summed E-state index contributed by atoms with van der Waals surface area (Å²) in [5.41, 5.74) is 3.59. The molecule has 3 aromatic rings. The molecule has 1 aliphatic rings. The number of ether oxygens (including phenoxy) is 1. The lowest BCUT2D eigenvalue weighted by atomic mass is 9.95. The summed E-state index contributed by atoms with van der Waals surface area (Å²) in [6.45, 7) is 5.38. The molecule has 0 unspecified atom stereocenters. The summed E-state index contributed by atoms with van der Waals surface area (Å²) in [6, 6.07) is 5.52. The fourth-order valence-electron chi connectivity index (χ4n) is 4.20. The highest BCUT2D eigenvalue weighted by Crippen LogP contribution is 2.38. The van der Waals surface area contributed by atoms with Crippen LogP contribution >= 0.6 is 11.3 Å². The lowest BCUT2D eigenvalue weighted by Gasteiger charge is -2.12. The van der Waals surface area contributed by atoms with Crippen LogP contribution in [0.15, 0.2) is 28.9 Å². The van der Waals surface area contributed by atoms with Crippen LogP contribution in [0.25, 0.3) is 0 Å². The van der Waals surface area contributed by atoms with Gasteiger partial charge >= 0.3 is 5.97 Å². The Balaban J connectivity index is 1.50. The predicted molar refractivity (Wildman–Crippen MR) is 122 cm³/mol. The second-order valence-corrected chi connectivity index (χ2v) is 9.15. The number of carbonyl (C=O) groups is 3. The molecule has 1 aliphatic carbocycles. The third kappa shape index (κ3) is 4.41. The molecule has 3 aromatic heterocycles. The zero-order chi connectivity index (χ0) is 22.8. The summed E-state index contributed by atoms with van der Waals surface area (Å²) in [5.74, 6) is -0.268. The number of Topliss-reactive ketones (excluding diaryl/α,β-unsaturated/α-hetero) is 1. The van der Waals surface area contributed by atoms with E-state index in [9.17, 15) is 14.4 Å². The normalized spacial score (nSPS) is 13.0. The number of hydrogen-bond acceptors (Lipinski definition) is 6. The van der Waals surface area contributed by atoms with Gasteiger partial charge in [-0.15, -0.1) is 11.3 Å². The van der Waals surface area contributed by atoms with E-state index in [4.69, 9.17) is 9.15 Å². The largest absolute Gasteiger partial charge is 0.467 e. The number of carbonyl (C=O) groups excluding carboxylic acids is 3. The number of amides is 1. The van der Waals surface area contributed by atoms with Crippen LogP contribution in [-0.2, 0) is 28.9 Å². The Morgan fingerprint density at radius 3 is 2.72 bits per heavy atom. The molecule has 0 fully saturated rings. The number of nitrogens with zero attached hydrogens (tertiary/aromatic N) is 1. The van der Waals surface area contributed by atoms with Gasteiger partial charge in [0.2, 0.25) is 11.7 Å². The second-order valence-electron chi connectivity index (χ2n) is 8.05. The van der Waals surface area contributed by atoms with E-state index < -0.39 is 5.97 Å². The summed E-state index contributed by atoms with van der Waals surface area (Å²) in [4.78, 5) is 38.6. The molecular formula is C24H26N2O5S. The summed E-state index contributed by atoms with van der Waals surface area (Å²) in [5, 5.41) is 3.27. The van der Waals surface area contributed by atoms with Crippen LogP contribution < -0.4 is 5.32 Å². The highest BCUT2D eigenvalue weighted by Gasteiger charge is 2.28.